The number of piperidine rings is 2. The van der Waals surface area contributed by atoms with Crippen LogP contribution in [0.4, 0.5) is 5.69 Å². The van der Waals surface area contributed by atoms with Crippen molar-refractivity contribution in [2.75, 3.05) is 31.1 Å². The number of hydrogen-bond acceptors (Lipinski definition) is 4. The predicted octanol–water partition coefficient (Wildman–Crippen LogP) is 5.23. The summed E-state index contributed by atoms with van der Waals surface area (Å²) in [5, 5.41) is 3.19. The van der Waals surface area contributed by atoms with Crippen molar-refractivity contribution < 1.29 is 4.79 Å². The summed E-state index contributed by atoms with van der Waals surface area (Å²) in [5.41, 5.74) is 1.22. The third kappa shape index (κ3) is 4.72. The minimum atomic E-state index is 0.183. The van der Waals surface area contributed by atoms with Crippen molar-refractivity contribution in [1.82, 2.24) is 9.88 Å². The highest BCUT2D eigenvalue weighted by atomic mass is 32.2. The Labute approximate surface area is 188 Å². The maximum absolute atomic E-state index is 13.1. The second-order valence-corrected chi connectivity index (χ2v) is 9.99. The fourth-order valence-electron chi connectivity index (χ4n) is 4.82. The summed E-state index contributed by atoms with van der Waals surface area (Å²) in [6.07, 6.45) is 7.75. The summed E-state index contributed by atoms with van der Waals surface area (Å²) in [5.74, 6) is 0.561. The smallest absolute Gasteiger partial charge is 0.225 e. The molecule has 3 aromatic rings. The first-order chi connectivity index (χ1) is 15.3. The molecule has 2 aromatic carbocycles. The molecule has 3 heterocycles. The van der Waals surface area contributed by atoms with Crippen molar-refractivity contribution in [2.45, 2.75) is 35.8 Å². The molecular formula is C26H29N3OS. The van der Waals surface area contributed by atoms with Gasteiger partial charge in [-0.25, -0.2) is 0 Å². The monoisotopic (exact) mass is 431 g/mol. The van der Waals surface area contributed by atoms with E-state index in [1.807, 2.05) is 24.2 Å². The molecule has 5 heteroatoms. The third-order valence-electron chi connectivity index (χ3n) is 6.65. The van der Waals surface area contributed by atoms with Gasteiger partial charge < -0.3 is 9.80 Å². The van der Waals surface area contributed by atoms with Crippen LogP contribution in [-0.4, -0.2) is 47.2 Å². The number of carbonyl (C=O) groups is 1. The van der Waals surface area contributed by atoms with E-state index in [0.717, 1.165) is 51.9 Å². The number of likely N-dealkylation sites (tertiary alicyclic amines) is 1. The number of amides is 1. The van der Waals surface area contributed by atoms with E-state index in [1.54, 1.807) is 0 Å². The van der Waals surface area contributed by atoms with Crippen LogP contribution in [0.25, 0.3) is 10.8 Å². The molecule has 0 bridgehead atoms. The Morgan fingerprint density at radius 2 is 1.55 bits per heavy atom. The van der Waals surface area contributed by atoms with E-state index in [0.29, 0.717) is 11.2 Å². The normalized spacial score (nSPS) is 18.5. The van der Waals surface area contributed by atoms with E-state index in [1.165, 1.54) is 21.4 Å². The molecule has 0 saturated carbocycles. The average molecular weight is 432 g/mol. The van der Waals surface area contributed by atoms with Crippen LogP contribution < -0.4 is 4.90 Å². The second kappa shape index (κ2) is 9.31. The second-order valence-electron chi connectivity index (χ2n) is 8.62. The lowest BCUT2D eigenvalue weighted by atomic mass is 9.94. The first-order valence-corrected chi connectivity index (χ1v) is 12.2. The maximum Gasteiger partial charge on any atom is 0.225 e. The number of carbonyl (C=O) groups excluding carboxylic acids is 1. The molecule has 31 heavy (non-hydrogen) atoms. The van der Waals surface area contributed by atoms with Gasteiger partial charge in [-0.05, 0) is 60.7 Å². The van der Waals surface area contributed by atoms with Crippen LogP contribution in [0.3, 0.4) is 0 Å². The van der Waals surface area contributed by atoms with Crippen LogP contribution in [0.2, 0.25) is 0 Å². The fraction of sp³-hybridized carbons (Fsp3) is 0.385. The number of benzene rings is 2. The topological polar surface area (TPSA) is 36.4 Å². The summed E-state index contributed by atoms with van der Waals surface area (Å²) >= 11 is 1.98. The van der Waals surface area contributed by atoms with Gasteiger partial charge in [0, 0.05) is 60.3 Å². The van der Waals surface area contributed by atoms with Crippen molar-refractivity contribution >= 4 is 34.1 Å². The molecule has 1 aromatic heterocycles. The summed E-state index contributed by atoms with van der Waals surface area (Å²) in [6, 6.07) is 19.4. The van der Waals surface area contributed by atoms with Gasteiger partial charge in [0.2, 0.25) is 5.91 Å². The van der Waals surface area contributed by atoms with Gasteiger partial charge in [-0.15, -0.1) is 11.8 Å². The lowest BCUT2D eigenvalue weighted by Gasteiger charge is -2.37. The largest absolute Gasteiger partial charge is 0.371 e. The standard InChI is InChI=1S/C26H29N3OS/c30-26(21-9-15-28(16-10-21)23-7-13-27-14-8-23)29-17-11-24(12-18-29)31-25-6-5-20-3-1-2-4-22(20)19-25/h1-8,13-14,19,21,24H,9-12,15-18H2. The van der Waals surface area contributed by atoms with Gasteiger partial charge in [0.15, 0.2) is 0 Å². The number of fused-ring (bicyclic) bond motifs is 1. The Kier molecular flexibility index (Phi) is 6.12. The summed E-state index contributed by atoms with van der Waals surface area (Å²) in [4.78, 5) is 23.0. The number of hydrogen-bond donors (Lipinski definition) is 0. The van der Waals surface area contributed by atoms with Crippen molar-refractivity contribution in [3.8, 4) is 0 Å². The van der Waals surface area contributed by atoms with Gasteiger partial charge in [0.05, 0.1) is 0 Å². The molecule has 1 amide bonds. The van der Waals surface area contributed by atoms with Crippen molar-refractivity contribution in [1.29, 1.82) is 0 Å². The minimum Gasteiger partial charge on any atom is -0.371 e. The van der Waals surface area contributed by atoms with Gasteiger partial charge in [-0.2, -0.15) is 0 Å². The Balaban J connectivity index is 1.11. The SMILES string of the molecule is O=C(C1CCN(c2ccncc2)CC1)N1CCC(Sc2ccc3ccccc3c2)CC1. The van der Waals surface area contributed by atoms with Crippen LogP contribution in [0.1, 0.15) is 25.7 Å². The molecule has 0 atom stereocenters. The third-order valence-corrected chi connectivity index (χ3v) is 7.98. The number of nitrogens with zero attached hydrogens (tertiary/aromatic N) is 3. The lowest BCUT2D eigenvalue weighted by Crippen LogP contribution is -2.46. The van der Waals surface area contributed by atoms with Crippen LogP contribution in [-0.2, 0) is 4.79 Å². The van der Waals surface area contributed by atoms with Crippen molar-refractivity contribution in [3.63, 3.8) is 0 Å². The number of thioether (sulfide) groups is 1. The van der Waals surface area contributed by atoms with E-state index in [-0.39, 0.29) is 5.92 Å². The lowest BCUT2D eigenvalue weighted by molar-refractivity contribution is -0.137. The molecule has 5 rings (SSSR count). The highest BCUT2D eigenvalue weighted by molar-refractivity contribution is 8.00. The van der Waals surface area contributed by atoms with Crippen molar-refractivity contribution in [2.24, 2.45) is 5.92 Å². The van der Waals surface area contributed by atoms with E-state index < -0.39 is 0 Å². The first kappa shape index (κ1) is 20.4. The van der Waals surface area contributed by atoms with E-state index in [4.69, 9.17) is 0 Å². The molecule has 0 spiro atoms. The fourth-order valence-corrected chi connectivity index (χ4v) is 6.00. The van der Waals surface area contributed by atoms with Gasteiger partial charge >= 0.3 is 0 Å². The summed E-state index contributed by atoms with van der Waals surface area (Å²) in [7, 11) is 0. The van der Waals surface area contributed by atoms with Gasteiger partial charge in [0.25, 0.3) is 0 Å². The zero-order valence-electron chi connectivity index (χ0n) is 17.8. The Hall–Kier alpha value is -2.53. The van der Waals surface area contributed by atoms with E-state index in [9.17, 15) is 4.79 Å². The number of anilines is 1. The number of aromatic nitrogens is 1. The molecule has 0 radical (unpaired) electrons. The van der Waals surface area contributed by atoms with E-state index in [2.05, 4.69) is 69.4 Å². The van der Waals surface area contributed by atoms with Gasteiger partial charge in [0.1, 0.15) is 0 Å². The van der Waals surface area contributed by atoms with Crippen molar-refractivity contribution in [3.05, 3.63) is 67.0 Å². The molecule has 0 N–H and O–H groups in total. The number of pyridine rings is 1. The molecule has 2 aliphatic rings. The Morgan fingerprint density at radius 1 is 0.839 bits per heavy atom. The van der Waals surface area contributed by atoms with Gasteiger partial charge in [-0.3, -0.25) is 9.78 Å². The zero-order chi connectivity index (χ0) is 21.0. The molecular weight excluding hydrogens is 402 g/mol. The Bertz CT molecular complexity index is 1030. The van der Waals surface area contributed by atoms with Crippen LogP contribution in [0.5, 0.6) is 0 Å². The molecule has 160 valence electrons. The molecule has 2 fully saturated rings. The summed E-state index contributed by atoms with van der Waals surface area (Å²) < 4.78 is 0. The highest BCUT2D eigenvalue weighted by Gasteiger charge is 2.31. The quantitative estimate of drug-likeness (QED) is 0.566. The first-order valence-electron chi connectivity index (χ1n) is 11.4. The average Bonchev–Trinajstić information content (AvgIpc) is 2.85. The molecule has 0 unspecified atom stereocenters. The summed E-state index contributed by atoms with van der Waals surface area (Å²) in [6.45, 7) is 3.70. The highest BCUT2D eigenvalue weighted by Crippen LogP contribution is 2.33. The molecule has 0 aliphatic carbocycles. The van der Waals surface area contributed by atoms with E-state index >= 15 is 0 Å². The number of rotatable bonds is 4. The van der Waals surface area contributed by atoms with Crippen LogP contribution >= 0.6 is 11.8 Å². The maximum atomic E-state index is 13.1. The molecule has 2 saturated heterocycles. The van der Waals surface area contributed by atoms with Gasteiger partial charge in [-0.1, -0.05) is 30.3 Å². The zero-order valence-corrected chi connectivity index (χ0v) is 18.6. The molecule has 4 nitrogen and oxygen atoms in total. The molecule has 2 aliphatic heterocycles. The predicted molar refractivity (Wildman–Crippen MR) is 129 cm³/mol. The van der Waals surface area contributed by atoms with Crippen LogP contribution in [0.15, 0.2) is 71.9 Å². The van der Waals surface area contributed by atoms with Crippen LogP contribution in [0, 0.1) is 5.92 Å². The Morgan fingerprint density at radius 3 is 2.29 bits per heavy atom. The minimum absolute atomic E-state index is 0.183.